The second kappa shape index (κ2) is 5.99. The minimum atomic E-state index is -3.55. The number of sulfonamides is 1. The standard InChI is InChI=1S/C14H13N3O3S2/c1-10-7-8-13(21-10)22(18,19)15-9-12-16-14(17-20-12)11-5-3-2-4-6-11/h2-8,15H,9H2,1H3. The molecule has 0 saturated carbocycles. The summed E-state index contributed by atoms with van der Waals surface area (Å²) >= 11 is 1.21. The van der Waals surface area contributed by atoms with Crippen LogP contribution in [0.5, 0.6) is 0 Å². The number of nitrogens with zero attached hydrogens (tertiary/aromatic N) is 2. The Morgan fingerprint density at radius 2 is 1.95 bits per heavy atom. The summed E-state index contributed by atoms with van der Waals surface area (Å²) in [5.74, 6) is 0.650. The first-order chi connectivity index (χ1) is 10.5. The quantitative estimate of drug-likeness (QED) is 0.774. The van der Waals surface area contributed by atoms with E-state index in [0.717, 1.165) is 10.4 Å². The first-order valence-corrected chi connectivity index (χ1v) is 8.79. The number of aryl methyl sites for hydroxylation is 1. The molecule has 0 aliphatic heterocycles. The number of hydrogen-bond acceptors (Lipinski definition) is 6. The summed E-state index contributed by atoms with van der Waals surface area (Å²) < 4.78 is 32.0. The Balaban J connectivity index is 1.71. The highest BCUT2D eigenvalue weighted by molar-refractivity contribution is 7.91. The van der Waals surface area contributed by atoms with E-state index in [0.29, 0.717) is 5.82 Å². The lowest BCUT2D eigenvalue weighted by atomic mass is 10.2. The van der Waals surface area contributed by atoms with E-state index in [1.165, 1.54) is 11.3 Å². The largest absolute Gasteiger partial charge is 0.338 e. The van der Waals surface area contributed by atoms with Crippen LogP contribution in [0.1, 0.15) is 10.8 Å². The highest BCUT2D eigenvalue weighted by atomic mass is 32.2. The molecule has 8 heteroatoms. The van der Waals surface area contributed by atoms with Gasteiger partial charge in [-0.25, -0.2) is 13.1 Å². The molecule has 6 nitrogen and oxygen atoms in total. The van der Waals surface area contributed by atoms with Crippen LogP contribution in [0.3, 0.4) is 0 Å². The third-order valence-corrected chi connectivity index (χ3v) is 5.79. The summed E-state index contributed by atoms with van der Waals surface area (Å²) in [4.78, 5) is 5.12. The molecule has 0 bridgehead atoms. The first kappa shape index (κ1) is 14.9. The maximum absolute atomic E-state index is 12.1. The second-order valence-electron chi connectivity index (χ2n) is 4.57. The molecule has 1 aromatic carbocycles. The number of hydrogen-bond donors (Lipinski definition) is 1. The van der Waals surface area contributed by atoms with Gasteiger partial charge in [-0.1, -0.05) is 35.5 Å². The highest BCUT2D eigenvalue weighted by Crippen LogP contribution is 2.20. The van der Waals surface area contributed by atoms with Crippen molar-refractivity contribution < 1.29 is 12.9 Å². The molecular formula is C14H13N3O3S2. The average molecular weight is 335 g/mol. The lowest BCUT2D eigenvalue weighted by Crippen LogP contribution is -2.22. The van der Waals surface area contributed by atoms with Crippen molar-refractivity contribution in [3.8, 4) is 11.4 Å². The molecule has 3 aromatic rings. The van der Waals surface area contributed by atoms with E-state index < -0.39 is 10.0 Å². The van der Waals surface area contributed by atoms with Crippen molar-refractivity contribution in [3.63, 3.8) is 0 Å². The smallest absolute Gasteiger partial charge is 0.250 e. The Kier molecular flexibility index (Phi) is 4.06. The Bertz CT molecular complexity index is 870. The fourth-order valence-corrected chi connectivity index (χ4v) is 4.12. The van der Waals surface area contributed by atoms with E-state index in [1.807, 2.05) is 37.3 Å². The van der Waals surface area contributed by atoms with Gasteiger partial charge in [-0.3, -0.25) is 0 Å². The fraction of sp³-hybridized carbons (Fsp3) is 0.143. The maximum atomic E-state index is 12.1. The normalized spacial score (nSPS) is 11.7. The minimum Gasteiger partial charge on any atom is -0.338 e. The topological polar surface area (TPSA) is 85.1 Å². The lowest BCUT2D eigenvalue weighted by molar-refractivity contribution is 0.376. The summed E-state index contributed by atoms with van der Waals surface area (Å²) in [6.07, 6.45) is 0. The van der Waals surface area contributed by atoms with E-state index in [4.69, 9.17) is 4.52 Å². The Morgan fingerprint density at radius 3 is 2.64 bits per heavy atom. The third-order valence-electron chi connectivity index (χ3n) is 2.89. The van der Waals surface area contributed by atoms with Crippen LogP contribution >= 0.6 is 11.3 Å². The maximum Gasteiger partial charge on any atom is 0.250 e. The van der Waals surface area contributed by atoms with Crippen molar-refractivity contribution in [1.82, 2.24) is 14.9 Å². The summed E-state index contributed by atoms with van der Waals surface area (Å²) in [7, 11) is -3.55. The molecule has 0 unspecified atom stereocenters. The van der Waals surface area contributed by atoms with Crippen LogP contribution in [0, 0.1) is 6.92 Å². The van der Waals surface area contributed by atoms with Gasteiger partial charge in [0.05, 0.1) is 6.54 Å². The van der Waals surface area contributed by atoms with Crippen molar-refractivity contribution in [1.29, 1.82) is 0 Å². The van der Waals surface area contributed by atoms with Gasteiger partial charge < -0.3 is 4.52 Å². The number of aromatic nitrogens is 2. The summed E-state index contributed by atoms with van der Waals surface area (Å²) in [5, 5.41) is 3.85. The lowest BCUT2D eigenvalue weighted by Gasteiger charge is -2.00. The number of thiophene rings is 1. The number of benzene rings is 1. The van der Waals surface area contributed by atoms with Gasteiger partial charge in [0.1, 0.15) is 4.21 Å². The van der Waals surface area contributed by atoms with Crippen LogP contribution in [0.4, 0.5) is 0 Å². The van der Waals surface area contributed by atoms with Gasteiger partial charge in [-0.15, -0.1) is 11.3 Å². The zero-order chi connectivity index (χ0) is 15.6. The SMILES string of the molecule is Cc1ccc(S(=O)(=O)NCc2nc(-c3ccccc3)no2)s1. The fourth-order valence-electron chi connectivity index (χ4n) is 1.82. The van der Waals surface area contributed by atoms with Crippen molar-refractivity contribution in [2.75, 3.05) is 0 Å². The monoisotopic (exact) mass is 335 g/mol. The van der Waals surface area contributed by atoms with Crippen molar-refractivity contribution >= 4 is 21.4 Å². The van der Waals surface area contributed by atoms with Gasteiger partial charge in [-0.05, 0) is 19.1 Å². The van der Waals surface area contributed by atoms with E-state index in [-0.39, 0.29) is 16.6 Å². The molecular weight excluding hydrogens is 322 g/mol. The summed E-state index contributed by atoms with van der Waals surface area (Å²) in [5.41, 5.74) is 0.814. The Morgan fingerprint density at radius 1 is 1.18 bits per heavy atom. The van der Waals surface area contributed by atoms with Gasteiger partial charge in [-0.2, -0.15) is 4.98 Å². The van der Waals surface area contributed by atoms with Crippen molar-refractivity contribution in [2.24, 2.45) is 0 Å². The molecule has 0 spiro atoms. The van der Waals surface area contributed by atoms with Gasteiger partial charge in [0.25, 0.3) is 10.0 Å². The molecule has 1 N–H and O–H groups in total. The molecule has 0 amide bonds. The van der Waals surface area contributed by atoms with E-state index in [2.05, 4.69) is 14.9 Å². The molecule has 0 saturated heterocycles. The first-order valence-electron chi connectivity index (χ1n) is 6.49. The zero-order valence-electron chi connectivity index (χ0n) is 11.7. The van der Waals surface area contributed by atoms with E-state index in [1.54, 1.807) is 12.1 Å². The van der Waals surface area contributed by atoms with Crippen LogP contribution in [-0.4, -0.2) is 18.6 Å². The predicted molar refractivity (Wildman–Crippen MR) is 82.8 cm³/mol. The van der Waals surface area contributed by atoms with Crippen LogP contribution < -0.4 is 4.72 Å². The molecule has 0 atom stereocenters. The summed E-state index contributed by atoms with van der Waals surface area (Å²) in [6, 6.07) is 12.7. The van der Waals surface area contributed by atoms with Gasteiger partial charge >= 0.3 is 0 Å². The summed E-state index contributed by atoms with van der Waals surface area (Å²) in [6.45, 7) is 1.81. The van der Waals surface area contributed by atoms with Gasteiger partial charge in [0, 0.05) is 10.4 Å². The molecule has 0 aliphatic carbocycles. The molecule has 0 radical (unpaired) electrons. The molecule has 114 valence electrons. The number of nitrogens with one attached hydrogen (secondary N) is 1. The molecule has 2 aromatic heterocycles. The second-order valence-corrected chi connectivity index (χ2v) is 7.85. The van der Waals surface area contributed by atoms with Gasteiger partial charge in [0.15, 0.2) is 0 Å². The third kappa shape index (κ3) is 3.24. The molecule has 22 heavy (non-hydrogen) atoms. The Hall–Kier alpha value is -2.03. The number of rotatable bonds is 5. The average Bonchev–Trinajstić information content (AvgIpc) is 3.15. The van der Waals surface area contributed by atoms with E-state index in [9.17, 15) is 8.42 Å². The highest BCUT2D eigenvalue weighted by Gasteiger charge is 2.17. The molecule has 0 aliphatic rings. The molecule has 0 fully saturated rings. The van der Waals surface area contributed by atoms with Crippen LogP contribution in [0.15, 0.2) is 51.2 Å². The molecule has 2 heterocycles. The van der Waals surface area contributed by atoms with Crippen LogP contribution in [0.25, 0.3) is 11.4 Å². The minimum absolute atomic E-state index is 0.0425. The molecule has 3 rings (SSSR count). The van der Waals surface area contributed by atoms with Gasteiger partial charge in [0.2, 0.25) is 11.7 Å². The van der Waals surface area contributed by atoms with Crippen LogP contribution in [-0.2, 0) is 16.6 Å². The van der Waals surface area contributed by atoms with E-state index >= 15 is 0 Å². The predicted octanol–water partition coefficient (Wildman–Crippen LogP) is 2.59. The van der Waals surface area contributed by atoms with Crippen molar-refractivity contribution in [2.45, 2.75) is 17.7 Å². The Labute approximate surface area is 131 Å². The zero-order valence-corrected chi connectivity index (χ0v) is 13.3. The van der Waals surface area contributed by atoms with Crippen molar-refractivity contribution in [3.05, 3.63) is 53.2 Å². The van der Waals surface area contributed by atoms with Crippen LogP contribution in [0.2, 0.25) is 0 Å².